The molecule has 8 heteroatoms. The molecule has 0 saturated heterocycles. The monoisotopic (exact) mass is 458 g/mol. The molecule has 0 unspecified atom stereocenters. The molecule has 3 aromatic rings. The normalized spacial score (nSPS) is 11.2. The van der Waals surface area contributed by atoms with Gasteiger partial charge in [-0.3, -0.25) is 9.59 Å². The smallest absolute Gasteiger partial charge is 0.287 e. The van der Waals surface area contributed by atoms with Gasteiger partial charge in [-0.05, 0) is 48.0 Å². The van der Waals surface area contributed by atoms with Crippen molar-refractivity contribution in [3.8, 4) is 11.5 Å². The molecule has 8 nitrogen and oxygen atoms in total. The van der Waals surface area contributed by atoms with Crippen LogP contribution in [0.2, 0.25) is 0 Å². The molecule has 2 amide bonds. The quantitative estimate of drug-likeness (QED) is 0.273. The Kier molecular flexibility index (Phi) is 8.02. The molecule has 0 aromatic heterocycles. The van der Waals surface area contributed by atoms with Crippen molar-refractivity contribution in [2.45, 2.75) is 0 Å². The second-order valence-electron chi connectivity index (χ2n) is 7.46. The van der Waals surface area contributed by atoms with E-state index in [9.17, 15) is 14.7 Å². The van der Waals surface area contributed by atoms with Crippen LogP contribution in [0, 0.1) is 0 Å². The zero-order valence-electron chi connectivity index (χ0n) is 19.1. The summed E-state index contributed by atoms with van der Waals surface area (Å²) < 4.78 is 5.07. The standard InChI is InChI=1S/C26H26N4O4/c1-30(2)21-14-12-18(13-15-21)16-22(28-25(32)19-8-5-4-6-9-19)26(33)29-27-17-20-10-7-11-23(34-3)24(20)31/h4-17,31H,1-3H3,(H,28,32)(H,29,33)/b22-16-,27-17-. The number of hydrazone groups is 1. The molecule has 3 rings (SSSR count). The maximum Gasteiger partial charge on any atom is 0.287 e. The SMILES string of the molecule is COc1cccc(/C=N\NC(=O)/C(=C/c2ccc(N(C)C)cc2)NC(=O)c2ccccc2)c1O. The average molecular weight is 459 g/mol. The summed E-state index contributed by atoms with van der Waals surface area (Å²) >= 11 is 0. The summed E-state index contributed by atoms with van der Waals surface area (Å²) in [5.41, 5.74) is 4.89. The molecule has 0 aliphatic heterocycles. The second kappa shape index (κ2) is 11.3. The van der Waals surface area contributed by atoms with Gasteiger partial charge in [0.15, 0.2) is 11.5 Å². The molecule has 0 atom stereocenters. The number of hydrogen-bond acceptors (Lipinski definition) is 6. The van der Waals surface area contributed by atoms with E-state index >= 15 is 0 Å². The number of benzene rings is 3. The second-order valence-corrected chi connectivity index (χ2v) is 7.46. The van der Waals surface area contributed by atoms with Crippen molar-refractivity contribution in [1.29, 1.82) is 0 Å². The molecule has 0 aliphatic carbocycles. The fourth-order valence-corrected chi connectivity index (χ4v) is 3.01. The van der Waals surface area contributed by atoms with Gasteiger partial charge in [-0.1, -0.05) is 36.4 Å². The molecule has 0 fully saturated rings. The molecule has 3 aromatic carbocycles. The third-order valence-electron chi connectivity index (χ3n) is 4.87. The number of rotatable bonds is 8. The topological polar surface area (TPSA) is 103 Å². The number of phenols is 1. The summed E-state index contributed by atoms with van der Waals surface area (Å²) in [5.74, 6) is -0.870. The van der Waals surface area contributed by atoms with Gasteiger partial charge in [0.05, 0.1) is 13.3 Å². The molecule has 0 spiro atoms. The Labute approximate surface area is 198 Å². The predicted octanol–water partition coefficient (Wildman–Crippen LogP) is 3.39. The van der Waals surface area contributed by atoms with Gasteiger partial charge < -0.3 is 20.1 Å². The van der Waals surface area contributed by atoms with Crippen LogP contribution in [0.25, 0.3) is 6.08 Å². The van der Waals surface area contributed by atoms with E-state index in [1.54, 1.807) is 54.6 Å². The lowest BCUT2D eigenvalue weighted by Crippen LogP contribution is -2.32. The molecule has 0 radical (unpaired) electrons. The van der Waals surface area contributed by atoms with Gasteiger partial charge in [0, 0.05) is 30.9 Å². The maximum absolute atomic E-state index is 12.9. The summed E-state index contributed by atoms with van der Waals surface area (Å²) in [6, 6.07) is 21.0. The van der Waals surface area contributed by atoms with Crippen LogP contribution in [-0.2, 0) is 4.79 Å². The fraction of sp³-hybridized carbons (Fsp3) is 0.115. The zero-order valence-corrected chi connectivity index (χ0v) is 19.1. The highest BCUT2D eigenvalue weighted by molar-refractivity contribution is 6.05. The number of carbonyl (C=O) groups excluding carboxylic acids is 2. The van der Waals surface area contributed by atoms with Crippen molar-refractivity contribution < 1.29 is 19.4 Å². The Morgan fingerprint density at radius 3 is 2.32 bits per heavy atom. The van der Waals surface area contributed by atoms with Crippen molar-refractivity contribution in [2.75, 3.05) is 26.1 Å². The minimum atomic E-state index is -0.625. The highest BCUT2D eigenvalue weighted by Gasteiger charge is 2.14. The van der Waals surface area contributed by atoms with E-state index in [4.69, 9.17) is 4.74 Å². The van der Waals surface area contributed by atoms with E-state index in [0.717, 1.165) is 11.3 Å². The Morgan fingerprint density at radius 1 is 0.971 bits per heavy atom. The van der Waals surface area contributed by atoms with E-state index in [-0.39, 0.29) is 17.2 Å². The minimum Gasteiger partial charge on any atom is -0.504 e. The van der Waals surface area contributed by atoms with Crippen molar-refractivity contribution in [3.63, 3.8) is 0 Å². The number of anilines is 1. The van der Waals surface area contributed by atoms with E-state index in [1.165, 1.54) is 13.3 Å². The van der Waals surface area contributed by atoms with Gasteiger partial charge in [0.1, 0.15) is 5.70 Å². The Hall–Kier alpha value is -4.59. The van der Waals surface area contributed by atoms with Gasteiger partial charge in [-0.15, -0.1) is 0 Å². The fourth-order valence-electron chi connectivity index (χ4n) is 3.01. The summed E-state index contributed by atoms with van der Waals surface area (Å²) in [6.45, 7) is 0. The van der Waals surface area contributed by atoms with Crippen LogP contribution in [0.3, 0.4) is 0 Å². The summed E-state index contributed by atoms with van der Waals surface area (Å²) in [4.78, 5) is 27.5. The third kappa shape index (κ3) is 6.23. The largest absolute Gasteiger partial charge is 0.504 e. The molecule has 34 heavy (non-hydrogen) atoms. The molecular formula is C26H26N4O4. The van der Waals surface area contributed by atoms with E-state index in [0.29, 0.717) is 11.1 Å². The number of aromatic hydroxyl groups is 1. The molecule has 0 aliphatic rings. The number of nitrogens with zero attached hydrogens (tertiary/aromatic N) is 2. The number of methoxy groups -OCH3 is 1. The van der Waals surface area contributed by atoms with Gasteiger partial charge in [-0.2, -0.15) is 5.10 Å². The van der Waals surface area contributed by atoms with Crippen LogP contribution < -0.4 is 20.4 Å². The number of hydrogen-bond donors (Lipinski definition) is 3. The third-order valence-corrected chi connectivity index (χ3v) is 4.87. The lowest BCUT2D eigenvalue weighted by Gasteiger charge is -2.12. The number of carbonyl (C=O) groups is 2. The number of amides is 2. The van der Waals surface area contributed by atoms with Gasteiger partial charge >= 0.3 is 0 Å². The van der Waals surface area contributed by atoms with Crippen molar-refractivity contribution in [3.05, 3.63) is 95.2 Å². The number of para-hydroxylation sites is 1. The molecule has 3 N–H and O–H groups in total. The first-order chi connectivity index (χ1) is 16.4. The maximum atomic E-state index is 12.9. The van der Waals surface area contributed by atoms with Crippen molar-refractivity contribution >= 4 is 29.8 Å². The van der Waals surface area contributed by atoms with Crippen LogP contribution in [0.15, 0.2) is 83.6 Å². The van der Waals surface area contributed by atoms with Gasteiger partial charge in [-0.25, -0.2) is 5.43 Å². The van der Waals surface area contributed by atoms with Crippen LogP contribution in [0.5, 0.6) is 11.5 Å². The van der Waals surface area contributed by atoms with E-state index in [2.05, 4.69) is 15.8 Å². The molecular weight excluding hydrogens is 432 g/mol. The minimum absolute atomic E-state index is 0.0125. The van der Waals surface area contributed by atoms with Gasteiger partial charge in [0.2, 0.25) is 0 Å². The van der Waals surface area contributed by atoms with Crippen molar-refractivity contribution in [2.24, 2.45) is 5.10 Å². The number of nitrogens with one attached hydrogen (secondary N) is 2. The summed E-state index contributed by atoms with van der Waals surface area (Å²) in [6.07, 6.45) is 2.85. The first kappa shape index (κ1) is 24.1. The Morgan fingerprint density at radius 2 is 1.68 bits per heavy atom. The molecule has 0 heterocycles. The summed E-state index contributed by atoms with van der Waals surface area (Å²) in [5, 5.41) is 16.7. The van der Waals surface area contributed by atoms with Crippen LogP contribution in [0.1, 0.15) is 21.5 Å². The lowest BCUT2D eigenvalue weighted by molar-refractivity contribution is -0.117. The zero-order chi connectivity index (χ0) is 24.5. The first-order valence-electron chi connectivity index (χ1n) is 10.4. The predicted molar refractivity (Wildman–Crippen MR) is 133 cm³/mol. The molecule has 174 valence electrons. The molecule has 0 saturated carbocycles. The van der Waals surface area contributed by atoms with Gasteiger partial charge in [0.25, 0.3) is 11.8 Å². The highest BCUT2D eigenvalue weighted by atomic mass is 16.5. The average Bonchev–Trinajstić information content (AvgIpc) is 2.85. The van der Waals surface area contributed by atoms with Crippen LogP contribution >= 0.6 is 0 Å². The number of phenolic OH excluding ortho intramolecular Hbond substituents is 1. The number of ether oxygens (including phenoxy) is 1. The van der Waals surface area contributed by atoms with Crippen LogP contribution in [0.4, 0.5) is 5.69 Å². The lowest BCUT2D eigenvalue weighted by atomic mass is 10.1. The van der Waals surface area contributed by atoms with E-state index < -0.39 is 11.8 Å². The Balaban J connectivity index is 1.83. The van der Waals surface area contributed by atoms with E-state index in [1.807, 2.05) is 43.3 Å². The molecule has 0 bridgehead atoms. The highest BCUT2D eigenvalue weighted by Crippen LogP contribution is 2.27. The Bertz CT molecular complexity index is 1200. The van der Waals surface area contributed by atoms with Crippen LogP contribution in [-0.4, -0.2) is 44.3 Å². The van der Waals surface area contributed by atoms with Crippen molar-refractivity contribution in [1.82, 2.24) is 10.7 Å². The summed E-state index contributed by atoms with van der Waals surface area (Å²) in [7, 11) is 5.30. The first-order valence-corrected chi connectivity index (χ1v) is 10.4.